The number of hydrogen-bond donors (Lipinski definition) is 0. The molecule has 0 nitrogen and oxygen atoms in total. The Morgan fingerprint density at radius 3 is 1.40 bits per heavy atom. The summed E-state index contributed by atoms with van der Waals surface area (Å²) in [6.07, 6.45) is 0. The van der Waals surface area contributed by atoms with Gasteiger partial charge < -0.3 is 0 Å². The third-order valence-corrected chi connectivity index (χ3v) is 0. The van der Waals surface area contributed by atoms with E-state index in [9.17, 15) is 0 Å². The summed E-state index contributed by atoms with van der Waals surface area (Å²) in [6, 6.07) is 0. The maximum absolute atomic E-state index is 2.72. The Morgan fingerprint density at radius 1 is 1.40 bits per heavy atom. The summed E-state index contributed by atoms with van der Waals surface area (Å²) in [5, 5.41) is 0. The maximum atomic E-state index is 2.72. The van der Waals surface area contributed by atoms with Gasteiger partial charge in [-0.05, 0) is 0 Å². The highest BCUT2D eigenvalue weighted by molar-refractivity contribution is 6.14. The van der Waals surface area contributed by atoms with Crippen LogP contribution in [0.3, 0.4) is 0 Å². The van der Waals surface area contributed by atoms with Gasteiger partial charge in [-0.2, -0.15) is 0 Å². The fraction of sp³-hybridized carbons (Fsp3) is 1.00. The van der Waals surface area contributed by atoms with Crippen molar-refractivity contribution in [1.82, 2.24) is 0 Å². The van der Waals surface area contributed by atoms with Crippen LogP contribution >= 0.6 is 0 Å². The third-order valence-electron chi connectivity index (χ3n) is 0. The minimum absolute atomic E-state index is 0. The molecule has 0 saturated heterocycles. The van der Waals surface area contributed by atoms with E-state index in [2.05, 4.69) is 37.1 Å². The van der Waals surface area contributed by atoms with E-state index in [1.165, 1.54) is 0 Å². The Kier molecular flexibility index (Phi) is 1.47. The molecule has 0 aromatic rings. The molecule has 5 heavy (non-hydrogen) atoms. The second-order valence-corrected chi connectivity index (χ2v) is 4.10. The zero-order valence-electron chi connectivity index (χ0n) is 4.08. The van der Waals surface area contributed by atoms with E-state index in [1.54, 1.807) is 0 Å². The lowest BCUT2D eigenvalue weighted by Crippen LogP contribution is -1.90. The van der Waals surface area contributed by atoms with Gasteiger partial charge in [0.2, 0.25) is 0 Å². The average molecular weight is 88.1 g/mol. The van der Waals surface area contributed by atoms with E-state index in [0.717, 1.165) is 0 Å². The average Bonchev–Trinajstić information content (AvgIpc) is 0.722. The quantitative estimate of drug-likeness (QED) is 0.396. The van der Waals surface area contributed by atoms with Gasteiger partial charge in [-0.3, -0.25) is 0 Å². The standard InChI is InChI=1S/C4H9.Al.2H2/c1-4(2)3;;;/h1-3H3;;2*1H. The highest BCUT2D eigenvalue weighted by Gasteiger charge is 1.94. The molecule has 1 heteroatoms. The lowest BCUT2D eigenvalue weighted by atomic mass is 10.2. The van der Waals surface area contributed by atoms with Gasteiger partial charge in [-0.1, -0.05) is 20.8 Å². The van der Waals surface area contributed by atoms with E-state index < -0.39 is 0 Å². The van der Waals surface area contributed by atoms with E-state index >= 15 is 0 Å². The minimum atomic E-state index is 0. The third kappa shape index (κ3) is 103. The topological polar surface area (TPSA) is 0 Å². The molecule has 0 aromatic heterocycles. The van der Waals surface area contributed by atoms with Crippen molar-refractivity contribution < 1.29 is 2.85 Å². The fourth-order valence-corrected chi connectivity index (χ4v) is 0. The summed E-state index contributed by atoms with van der Waals surface area (Å²) < 4.78 is 0.417. The normalized spacial score (nSPS) is 11.8. The van der Waals surface area contributed by atoms with Gasteiger partial charge in [-0.25, -0.2) is 0 Å². The van der Waals surface area contributed by atoms with Gasteiger partial charge in [0.15, 0.2) is 0 Å². The summed E-state index contributed by atoms with van der Waals surface area (Å²) in [5.74, 6) is 0. The minimum Gasteiger partial charge on any atom is -0.105 e. The molecule has 0 fully saturated rings. The summed E-state index contributed by atoms with van der Waals surface area (Å²) in [5.41, 5.74) is 0. The summed E-state index contributed by atoms with van der Waals surface area (Å²) in [4.78, 5) is 0. The van der Waals surface area contributed by atoms with E-state index in [0.29, 0.717) is 4.28 Å². The van der Waals surface area contributed by atoms with Crippen LogP contribution in [-0.2, 0) is 0 Å². The van der Waals surface area contributed by atoms with Crippen LogP contribution < -0.4 is 0 Å². The SMILES string of the molecule is C[C](C)(C)[Al].[HH].[HH]. The first-order chi connectivity index (χ1) is 2.00. The van der Waals surface area contributed by atoms with Gasteiger partial charge >= 0.3 is 0 Å². The van der Waals surface area contributed by atoms with E-state index in [1.807, 2.05) is 0 Å². The summed E-state index contributed by atoms with van der Waals surface area (Å²) >= 11 is 2.72. The Hall–Kier alpha value is 0.532. The molecule has 0 heterocycles. The molecule has 0 aliphatic carbocycles. The smallest absolute Gasteiger partial charge is 0.105 e. The van der Waals surface area contributed by atoms with Crippen molar-refractivity contribution in [3.63, 3.8) is 0 Å². The lowest BCUT2D eigenvalue weighted by Gasteiger charge is -2.06. The zero-order valence-corrected chi connectivity index (χ0v) is 5.23. The van der Waals surface area contributed by atoms with Crippen LogP contribution in [0.25, 0.3) is 0 Å². The molecule has 0 saturated carbocycles. The first kappa shape index (κ1) is 5.53. The van der Waals surface area contributed by atoms with Crippen molar-refractivity contribution in [3.05, 3.63) is 0 Å². The van der Waals surface area contributed by atoms with Crippen molar-refractivity contribution in [2.75, 3.05) is 0 Å². The molecule has 0 N–H and O–H groups in total. The Balaban J connectivity index is -0.0000000800. The molecule has 0 aromatic carbocycles. The molecular formula is C4H13Al. The summed E-state index contributed by atoms with van der Waals surface area (Å²) in [6.45, 7) is 6.45. The second kappa shape index (κ2) is 1.33. The van der Waals surface area contributed by atoms with E-state index in [4.69, 9.17) is 0 Å². The first-order valence-electron chi connectivity index (χ1n) is 1.79. The van der Waals surface area contributed by atoms with Crippen molar-refractivity contribution >= 4 is 16.3 Å². The number of rotatable bonds is 0. The molecule has 0 bridgehead atoms. The molecule has 2 radical (unpaired) electrons. The van der Waals surface area contributed by atoms with Crippen LogP contribution in [0.5, 0.6) is 0 Å². The molecule has 0 spiro atoms. The lowest BCUT2D eigenvalue weighted by molar-refractivity contribution is 0.767. The van der Waals surface area contributed by atoms with Crippen LogP contribution in [-0.4, -0.2) is 16.3 Å². The zero-order chi connectivity index (χ0) is 4.50. The Morgan fingerprint density at radius 2 is 1.40 bits per heavy atom. The second-order valence-electron chi connectivity index (χ2n) is 2.37. The van der Waals surface area contributed by atoms with Crippen molar-refractivity contribution in [1.29, 1.82) is 0 Å². The van der Waals surface area contributed by atoms with Crippen molar-refractivity contribution in [2.24, 2.45) is 0 Å². The predicted molar refractivity (Wildman–Crippen MR) is 29.7 cm³/mol. The van der Waals surface area contributed by atoms with Gasteiger partial charge in [0, 0.05) is 2.85 Å². The monoisotopic (exact) mass is 88.1 g/mol. The number of hydrogen-bond acceptors (Lipinski definition) is 0. The first-order valence-corrected chi connectivity index (χ1v) is 2.37. The fourth-order valence-electron chi connectivity index (χ4n) is 0. The van der Waals surface area contributed by atoms with Crippen LogP contribution in [0, 0.1) is 0 Å². The molecule has 0 rings (SSSR count). The van der Waals surface area contributed by atoms with Crippen LogP contribution in [0.4, 0.5) is 0 Å². The highest BCUT2D eigenvalue weighted by atomic mass is 27.0. The van der Waals surface area contributed by atoms with Crippen molar-refractivity contribution in [3.8, 4) is 0 Å². The Bertz CT molecular complexity index is 25.2. The molecule has 32 valence electrons. The van der Waals surface area contributed by atoms with Crippen LogP contribution in [0.15, 0.2) is 0 Å². The van der Waals surface area contributed by atoms with Crippen molar-refractivity contribution in [2.45, 2.75) is 25.0 Å². The van der Waals surface area contributed by atoms with Gasteiger partial charge in [0.05, 0.1) is 0 Å². The molecule has 0 aliphatic heterocycles. The van der Waals surface area contributed by atoms with Crippen LogP contribution in [0.2, 0.25) is 4.28 Å². The van der Waals surface area contributed by atoms with Gasteiger partial charge in [0.25, 0.3) is 0 Å². The largest absolute Gasteiger partial charge is 0.128 e. The van der Waals surface area contributed by atoms with Crippen LogP contribution in [0.1, 0.15) is 23.6 Å². The molecule has 0 unspecified atom stereocenters. The molecular weight excluding hydrogens is 75.0 g/mol. The van der Waals surface area contributed by atoms with Gasteiger partial charge in [0.1, 0.15) is 16.3 Å². The van der Waals surface area contributed by atoms with Gasteiger partial charge in [-0.15, -0.1) is 4.28 Å². The van der Waals surface area contributed by atoms with E-state index in [-0.39, 0.29) is 2.85 Å². The highest BCUT2D eigenvalue weighted by Crippen LogP contribution is 2.13. The summed E-state index contributed by atoms with van der Waals surface area (Å²) in [7, 11) is 0. The maximum Gasteiger partial charge on any atom is 0.128 e. The molecule has 0 atom stereocenters. The molecule has 0 aliphatic rings. The Labute approximate surface area is 45.0 Å². The molecule has 0 amide bonds. The predicted octanol–water partition coefficient (Wildman–Crippen LogP) is 1.87.